The molecular formula is C15H17N3O3S. The van der Waals surface area contributed by atoms with Crippen molar-refractivity contribution in [2.24, 2.45) is 0 Å². The Labute approximate surface area is 132 Å². The van der Waals surface area contributed by atoms with E-state index in [-0.39, 0.29) is 18.1 Å². The molecule has 1 N–H and O–H groups in total. The maximum absolute atomic E-state index is 12.0. The van der Waals surface area contributed by atoms with E-state index in [0.29, 0.717) is 17.8 Å². The van der Waals surface area contributed by atoms with Gasteiger partial charge in [0.1, 0.15) is 0 Å². The Morgan fingerprint density at radius 1 is 1.41 bits per heavy atom. The lowest BCUT2D eigenvalue weighted by atomic mass is 10.2. The Bertz CT molecular complexity index is 671. The van der Waals surface area contributed by atoms with Crippen molar-refractivity contribution in [1.82, 2.24) is 4.90 Å². The molecule has 6 nitrogen and oxygen atoms in total. The van der Waals surface area contributed by atoms with Crippen LogP contribution in [0.4, 0.5) is 11.4 Å². The van der Waals surface area contributed by atoms with E-state index in [2.05, 4.69) is 5.32 Å². The SMILES string of the molecule is Cc1ccc(NC(=O)CN(C)Cc2ccsc2)cc1[N+](=O)[O-]. The third-order valence-corrected chi connectivity index (χ3v) is 3.87. The molecule has 0 aliphatic rings. The first-order valence-corrected chi connectivity index (χ1v) is 7.64. The van der Waals surface area contributed by atoms with Crippen LogP contribution in [0.1, 0.15) is 11.1 Å². The van der Waals surface area contributed by atoms with Crippen LogP contribution in [-0.4, -0.2) is 29.3 Å². The number of thiophene rings is 1. The molecule has 2 rings (SSSR count). The van der Waals surface area contributed by atoms with Crippen LogP contribution in [0.5, 0.6) is 0 Å². The zero-order chi connectivity index (χ0) is 16.1. The van der Waals surface area contributed by atoms with Gasteiger partial charge in [-0.1, -0.05) is 6.07 Å². The molecule has 2 aromatic rings. The molecule has 0 unspecified atom stereocenters. The van der Waals surface area contributed by atoms with Crippen molar-refractivity contribution in [3.05, 3.63) is 56.3 Å². The lowest BCUT2D eigenvalue weighted by molar-refractivity contribution is -0.385. The van der Waals surface area contributed by atoms with E-state index >= 15 is 0 Å². The fourth-order valence-corrected chi connectivity index (χ4v) is 2.74. The molecule has 0 atom stereocenters. The van der Waals surface area contributed by atoms with Gasteiger partial charge in [-0.05, 0) is 42.4 Å². The largest absolute Gasteiger partial charge is 0.325 e. The highest BCUT2D eigenvalue weighted by atomic mass is 32.1. The normalized spacial score (nSPS) is 10.7. The average molecular weight is 319 g/mol. The van der Waals surface area contributed by atoms with Crippen molar-refractivity contribution < 1.29 is 9.72 Å². The molecule has 0 radical (unpaired) electrons. The van der Waals surface area contributed by atoms with E-state index in [1.165, 1.54) is 6.07 Å². The van der Waals surface area contributed by atoms with Gasteiger partial charge in [-0.15, -0.1) is 0 Å². The topological polar surface area (TPSA) is 75.5 Å². The number of anilines is 1. The van der Waals surface area contributed by atoms with Crippen molar-refractivity contribution in [1.29, 1.82) is 0 Å². The lowest BCUT2D eigenvalue weighted by Gasteiger charge is -2.15. The van der Waals surface area contributed by atoms with E-state index in [4.69, 9.17) is 0 Å². The summed E-state index contributed by atoms with van der Waals surface area (Å²) in [5.41, 5.74) is 2.17. The minimum atomic E-state index is -0.451. The number of hydrogen-bond acceptors (Lipinski definition) is 5. The number of nitro benzene ring substituents is 1. The number of aryl methyl sites for hydroxylation is 1. The number of amides is 1. The van der Waals surface area contributed by atoms with Crippen LogP contribution in [0, 0.1) is 17.0 Å². The van der Waals surface area contributed by atoms with Gasteiger partial charge in [0.2, 0.25) is 5.91 Å². The van der Waals surface area contributed by atoms with Gasteiger partial charge < -0.3 is 5.32 Å². The summed E-state index contributed by atoms with van der Waals surface area (Å²) in [4.78, 5) is 24.3. The maximum Gasteiger partial charge on any atom is 0.274 e. The third kappa shape index (κ3) is 4.37. The highest BCUT2D eigenvalue weighted by Gasteiger charge is 2.13. The number of nitrogens with one attached hydrogen (secondary N) is 1. The van der Waals surface area contributed by atoms with Crippen molar-refractivity contribution in [3.63, 3.8) is 0 Å². The van der Waals surface area contributed by atoms with Crippen molar-refractivity contribution in [2.45, 2.75) is 13.5 Å². The number of nitrogens with zero attached hydrogens (tertiary/aromatic N) is 2. The highest BCUT2D eigenvalue weighted by molar-refractivity contribution is 7.07. The van der Waals surface area contributed by atoms with Crippen LogP contribution in [0.3, 0.4) is 0 Å². The summed E-state index contributed by atoms with van der Waals surface area (Å²) in [7, 11) is 1.86. The number of nitro groups is 1. The Balaban J connectivity index is 1.94. The smallest absolute Gasteiger partial charge is 0.274 e. The number of rotatable bonds is 6. The Hall–Kier alpha value is -2.25. The molecule has 116 valence electrons. The zero-order valence-electron chi connectivity index (χ0n) is 12.4. The summed E-state index contributed by atoms with van der Waals surface area (Å²) < 4.78 is 0. The molecule has 0 saturated carbocycles. The lowest BCUT2D eigenvalue weighted by Crippen LogP contribution is -2.29. The van der Waals surface area contributed by atoms with Gasteiger partial charge in [0.05, 0.1) is 11.5 Å². The van der Waals surface area contributed by atoms with E-state index < -0.39 is 4.92 Å². The summed E-state index contributed by atoms with van der Waals surface area (Å²) in [6, 6.07) is 6.69. The number of carbonyl (C=O) groups is 1. The van der Waals surface area contributed by atoms with Crippen molar-refractivity contribution in [3.8, 4) is 0 Å². The standard InChI is InChI=1S/C15H17N3O3S/c1-11-3-4-13(7-14(11)18(20)21)16-15(19)9-17(2)8-12-5-6-22-10-12/h3-7,10H,8-9H2,1-2H3,(H,16,19). The van der Waals surface area contributed by atoms with Crippen LogP contribution in [0.2, 0.25) is 0 Å². The van der Waals surface area contributed by atoms with Crippen molar-refractivity contribution >= 4 is 28.6 Å². The van der Waals surface area contributed by atoms with E-state index in [0.717, 1.165) is 5.56 Å². The summed E-state index contributed by atoms with van der Waals surface area (Å²) in [5.74, 6) is -0.198. The number of carbonyl (C=O) groups excluding carboxylic acids is 1. The van der Waals surface area contributed by atoms with E-state index in [1.807, 2.05) is 28.8 Å². The molecule has 1 heterocycles. The first kappa shape index (κ1) is 16.1. The molecule has 0 aliphatic carbocycles. The predicted molar refractivity (Wildman–Crippen MR) is 87.1 cm³/mol. The van der Waals surface area contributed by atoms with Crippen LogP contribution in [0.25, 0.3) is 0 Å². The molecule has 0 spiro atoms. The molecule has 1 amide bonds. The van der Waals surface area contributed by atoms with Gasteiger partial charge in [-0.25, -0.2) is 0 Å². The van der Waals surface area contributed by atoms with Crippen LogP contribution in [0.15, 0.2) is 35.0 Å². The van der Waals surface area contributed by atoms with Gasteiger partial charge in [-0.3, -0.25) is 19.8 Å². The second-order valence-electron chi connectivity index (χ2n) is 5.11. The quantitative estimate of drug-likeness (QED) is 0.656. The number of likely N-dealkylation sites (N-methyl/N-ethyl adjacent to an activating group) is 1. The summed E-state index contributed by atoms with van der Waals surface area (Å²) in [5, 5.41) is 17.6. The fraction of sp³-hybridized carbons (Fsp3) is 0.267. The third-order valence-electron chi connectivity index (χ3n) is 3.14. The second kappa shape index (κ2) is 7.15. The summed E-state index contributed by atoms with van der Waals surface area (Å²) in [6.45, 7) is 2.57. The highest BCUT2D eigenvalue weighted by Crippen LogP contribution is 2.22. The first-order chi connectivity index (χ1) is 10.5. The zero-order valence-corrected chi connectivity index (χ0v) is 13.2. The Kier molecular flexibility index (Phi) is 5.24. The Morgan fingerprint density at radius 2 is 2.18 bits per heavy atom. The molecule has 1 aromatic carbocycles. The molecule has 0 fully saturated rings. The molecule has 1 aromatic heterocycles. The monoisotopic (exact) mass is 319 g/mol. The summed E-state index contributed by atoms with van der Waals surface area (Å²) in [6.07, 6.45) is 0. The first-order valence-electron chi connectivity index (χ1n) is 6.70. The molecule has 22 heavy (non-hydrogen) atoms. The van der Waals surface area contributed by atoms with Gasteiger partial charge in [-0.2, -0.15) is 11.3 Å². The molecular weight excluding hydrogens is 302 g/mol. The van der Waals surface area contributed by atoms with Crippen molar-refractivity contribution in [2.75, 3.05) is 18.9 Å². The second-order valence-corrected chi connectivity index (χ2v) is 5.89. The molecule has 0 saturated heterocycles. The van der Waals surface area contributed by atoms with Gasteiger partial charge in [0, 0.05) is 23.9 Å². The van der Waals surface area contributed by atoms with E-state index in [1.54, 1.807) is 30.4 Å². The average Bonchev–Trinajstić information content (AvgIpc) is 2.93. The predicted octanol–water partition coefficient (Wildman–Crippen LogP) is 3.04. The fourth-order valence-electron chi connectivity index (χ4n) is 2.08. The van der Waals surface area contributed by atoms with Gasteiger partial charge >= 0.3 is 0 Å². The number of hydrogen-bond donors (Lipinski definition) is 1. The maximum atomic E-state index is 12.0. The van der Waals surface area contributed by atoms with Gasteiger partial charge in [0.15, 0.2) is 0 Å². The Morgan fingerprint density at radius 3 is 2.82 bits per heavy atom. The molecule has 7 heteroatoms. The van der Waals surface area contributed by atoms with Crippen LogP contribution < -0.4 is 5.32 Å². The minimum Gasteiger partial charge on any atom is -0.325 e. The van der Waals surface area contributed by atoms with E-state index in [9.17, 15) is 14.9 Å². The van der Waals surface area contributed by atoms with Crippen LogP contribution >= 0.6 is 11.3 Å². The summed E-state index contributed by atoms with van der Waals surface area (Å²) >= 11 is 1.62. The number of benzene rings is 1. The van der Waals surface area contributed by atoms with Crippen LogP contribution in [-0.2, 0) is 11.3 Å². The molecule has 0 aliphatic heterocycles. The van der Waals surface area contributed by atoms with Gasteiger partial charge in [0.25, 0.3) is 5.69 Å². The molecule has 0 bridgehead atoms. The minimum absolute atomic E-state index is 0.00410.